The number of hydrogen-bond acceptors (Lipinski definition) is 3. The van der Waals surface area contributed by atoms with Crippen LogP contribution in [0.5, 0.6) is 0 Å². The zero-order chi connectivity index (χ0) is 12.0. The van der Waals surface area contributed by atoms with E-state index < -0.39 is 10.2 Å². The van der Waals surface area contributed by atoms with Gasteiger partial charge >= 0.3 is 0 Å². The third kappa shape index (κ3) is 1.88. The van der Waals surface area contributed by atoms with Crippen molar-refractivity contribution in [2.75, 3.05) is 19.6 Å². The molecule has 2 aliphatic rings. The molecule has 0 aromatic heterocycles. The maximum absolute atomic E-state index is 12.1. The van der Waals surface area contributed by atoms with E-state index >= 15 is 0 Å². The van der Waals surface area contributed by atoms with Gasteiger partial charge < -0.3 is 5.32 Å². The van der Waals surface area contributed by atoms with Gasteiger partial charge in [0, 0.05) is 18.6 Å². The van der Waals surface area contributed by atoms with Gasteiger partial charge in [-0.15, -0.1) is 0 Å². The fourth-order valence-corrected chi connectivity index (χ4v) is 5.00. The summed E-state index contributed by atoms with van der Waals surface area (Å²) < 4.78 is 28.5. The maximum Gasteiger partial charge on any atom is 0.280 e. The minimum absolute atomic E-state index is 0.269. The van der Waals surface area contributed by atoms with Crippen LogP contribution >= 0.6 is 0 Å². The lowest BCUT2D eigenvalue weighted by atomic mass is 9.87. The van der Waals surface area contributed by atoms with E-state index in [0.29, 0.717) is 6.54 Å². The molecule has 2 heterocycles. The Kier molecular flexibility index (Phi) is 2.81. The molecule has 1 spiro atoms. The summed E-state index contributed by atoms with van der Waals surface area (Å²) in [5.41, 5.74) is -0.642. The summed E-state index contributed by atoms with van der Waals surface area (Å²) in [5.74, 6) is 0. The van der Waals surface area contributed by atoms with Crippen molar-refractivity contribution < 1.29 is 8.42 Å². The molecule has 2 rings (SSSR count). The Morgan fingerprint density at radius 1 is 1.25 bits per heavy atom. The highest BCUT2D eigenvalue weighted by atomic mass is 32.2. The normalized spacial score (nSPS) is 35.7. The summed E-state index contributed by atoms with van der Waals surface area (Å²) >= 11 is 0. The fourth-order valence-electron chi connectivity index (χ4n) is 2.97. The Bertz CT molecular complexity index is 366. The second-order valence-corrected chi connectivity index (χ2v) is 7.37. The van der Waals surface area contributed by atoms with Gasteiger partial charge in [0.2, 0.25) is 0 Å². The van der Waals surface area contributed by atoms with E-state index in [1.807, 2.05) is 20.8 Å². The molecule has 0 saturated carbocycles. The molecule has 2 fully saturated rings. The lowest BCUT2D eigenvalue weighted by molar-refractivity contribution is 0.0941. The van der Waals surface area contributed by atoms with E-state index in [9.17, 15) is 8.42 Å². The van der Waals surface area contributed by atoms with Crippen LogP contribution in [-0.4, -0.2) is 43.4 Å². The molecule has 0 bridgehead atoms. The third-order valence-electron chi connectivity index (χ3n) is 3.31. The van der Waals surface area contributed by atoms with Crippen molar-refractivity contribution in [3.63, 3.8) is 0 Å². The summed E-state index contributed by atoms with van der Waals surface area (Å²) in [4.78, 5) is 0. The average molecular weight is 247 g/mol. The van der Waals surface area contributed by atoms with Crippen LogP contribution in [0.15, 0.2) is 0 Å². The molecule has 0 aromatic carbocycles. The van der Waals surface area contributed by atoms with Crippen LogP contribution in [0.3, 0.4) is 0 Å². The van der Waals surface area contributed by atoms with Gasteiger partial charge in [-0.25, -0.2) is 4.72 Å². The van der Waals surface area contributed by atoms with Crippen molar-refractivity contribution in [2.24, 2.45) is 0 Å². The molecule has 6 heteroatoms. The van der Waals surface area contributed by atoms with E-state index in [2.05, 4.69) is 10.0 Å². The summed E-state index contributed by atoms with van der Waals surface area (Å²) in [6.45, 7) is 8.12. The van der Waals surface area contributed by atoms with Crippen molar-refractivity contribution in [3.05, 3.63) is 0 Å². The molecule has 2 saturated heterocycles. The molecule has 1 atom stereocenters. The predicted octanol–water partition coefficient (Wildman–Crippen LogP) is 0.0571. The van der Waals surface area contributed by atoms with Gasteiger partial charge in [-0.1, -0.05) is 0 Å². The molecule has 2 N–H and O–H groups in total. The van der Waals surface area contributed by atoms with E-state index in [-0.39, 0.29) is 11.1 Å². The lowest BCUT2D eigenvalue weighted by Crippen LogP contribution is -2.62. The van der Waals surface area contributed by atoms with Gasteiger partial charge in [0.1, 0.15) is 0 Å². The number of rotatable bonds is 0. The quantitative estimate of drug-likeness (QED) is 0.636. The van der Waals surface area contributed by atoms with Crippen LogP contribution in [0.2, 0.25) is 0 Å². The summed E-state index contributed by atoms with van der Waals surface area (Å²) in [6.07, 6.45) is 1.97. The number of nitrogens with one attached hydrogen (secondary N) is 2. The number of hydrogen-bond donors (Lipinski definition) is 2. The van der Waals surface area contributed by atoms with Crippen LogP contribution < -0.4 is 10.0 Å². The van der Waals surface area contributed by atoms with E-state index in [4.69, 9.17) is 0 Å². The topological polar surface area (TPSA) is 61.4 Å². The Morgan fingerprint density at radius 3 is 2.44 bits per heavy atom. The number of piperidine rings is 1. The highest BCUT2D eigenvalue weighted by molar-refractivity contribution is 7.87. The highest BCUT2D eigenvalue weighted by Crippen LogP contribution is 2.36. The lowest BCUT2D eigenvalue weighted by Gasteiger charge is -2.45. The minimum Gasteiger partial charge on any atom is -0.315 e. The molecular weight excluding hydrogens is 226 g/mol. The SMILES string of the molecule is CC(C)(C)N1C2(CCCNC2)CNS1(=O)=O. The average Bonchev–Trinajstić information content (AvgIpc) is 2.38. The molecule has 0 aliphatic carbocycles. The van der Waals surface area contributed by atoms with E-state index in [1.54, 1.807) is 4.31 Å². The van der Waals surface area contributed by atoms with Crippen molar-refractivity contribution in [2.45, 2.75) is 44.7 Å². The second-order valence-electron chi connectivity index (χ2n) is 5.77. The van der Waals surface area contributed by atoms with Crippen molar-refractivity contribution in [3.8, 4) is 0 Å². The Morgan fingerprint density at radius 2 is 1.94 bits per heavy atom. The van der Waals surface area contributed by atoms with Crippen LogP contribution in [0.4, 0.5) is 0 Å². The van der Waals surface area contributed by atoms with E-state index in [1.165, 1.54) is 0 Å². The zero-order valence-electron chi connectivity index (χ0n) is 10.2. The van der Waals surface area contributed by atoms with Gasteiger partial charge in [0.15, 0.2) is 0 Å². The van der Waals surface area contributed by atoms with E-state index in [0.717, 1.165) is 25.9 Å². The smallest absolute Gasteiger partial charge is 0.280 e. The van der Waals surface area contributed by atoms with Crippen LogP contribution in [-0.2, 0) is 10.2 Å². The molecule has 2 aliphatic heterocycles. The first-order valence-electron chi connectivity index (χ1n) is 5.79. The molecule has 0 radical (unpaired) electrons. The third-order valence-corrected chi connectivity index (χ3v) is 5.24. The minimum atomic E-state index is -3.31. The summed E-state index contributed by atoms with van der Waals surface area (Å²) in [6, 6.07) is 0. The van der Waals surface area contributed by atoms with Gasteiger partial charge in [0.05, 0.1) is 5.54 Å². The molecule has 5 nitrogen and oxygen atoms in total. The van der Waals surface area contributed by atoms with Crippen LogP contribution in [0, 0.1) is 0 Å². The number of nitrogens with zero attached hydrogens (tertiary/aromatic N) is 1. The Labute approximate surface area is 97.8 Å². The van der Waals surface area contributed by atoms with Crippen LogP contribution in [0.25, 0.3) is 0 Å². The zero-order valence-corrected chi connectivity index (χ0v) is 11.0. The first-order chi connectivity index (χ1) is 7.28. The molecule has 16 heavy (non-hydrogen) atoms. The first kappa shape index (κ1) is 12.3. The predicted molar refractivity (Wildman–Crippen MR) is 63.3 cm³/mol. The maximum atomic E-state index is 12.1. The first-order valence-corrected chi connectivity index (χ1v) is 7.23. The van der Waals surface area contributed by atoms with Crippen molar-refractivity contribution in [1.29, 1.82) is 0 Å². The van der Waals surface area contributed by atoms with Gasteiger partial charge in [-0.2, -0.15) is 12.7 Å². The highest BCUT2D eigenvalue weighted by Gasteiger charge is 2.54. The second kappa shape index (κ2) is 3.66. The van der Waals surface area contributed by atoms with Gasteiger partial charge in [0.25, 0.3) is 10.2 Å². The van der Waals surface area contributed by atoms with Crippen LogP contribution in [0.1, 0.15) is 33.6 Å². The van der Waals surface area contributed by atoms with Crippen molar-refractivity contribution >= 4 is 10.2 Å². The Balaban J connectivity index is 2.40. The standard InChI is InChI=1S/C10H21N3O2S/c1-9(2,3)13-10(5-4-6-11-7-10)8-12-16(13,14)15/h11-12H,4-8H2,1-3H3. The monoisotopic (exact) mass is 247 g/mol. The summed E-state index contributed by atoms with van der Waals surface area (Å²) in [7, 11) is -3.31. The Hall–Kier alpha value is -0.170. The molecule has 1 unspecified atom stereocenters. The molecule has 94 valence electrons. The van der Waals surface area contributed by atoms with Gasteiger partial charge in [-0.3, -0.25) is 0 Å². The molecule has 0 amide bonds. The largest absolute Gasteiger partial charge is 0.315 e. The van der Waals surface area contributed by atoms with Gasteiger partial charge in [-0.05, 0) is 40.2 Å². The summed E-state index contributed by atoms with van der Waals surface area (Å²) in [5, 5.41) is 3.31. The molecule has 0 aromatic rings. The van der Waals surface area contributed by atoms with Crippen molar-refractivity contribution in [1.82, 2.24) is 14.3 Å². The molecular formula is C10H21N3O2S. The fraction of sp³-hybridized carbons (Fsp3) is 1.00.